The second kappa shape index (κ2) is 7.14. The van der Waals surface area contributed by atoms with E-state index in [1.54, 1.807) is 16.6 Å². The molecule has 24 heavy (non-hydrogen) atoms. The molecule has 8 heteroatoms. The molecule has 1 aliphatic heterocycles. The van der Waals surface area contributed by atoms with Crippen molar-refractivity contribution in [2.24, 2.45) is 0 Å². The molecule has 0 aromatic carbocycles. The van der Waals surface area contributed by atoms with Gasteiger partial charge >= 0.3 is 0 Å². The minimum atomic E-state index is -3.29. The number of nitrogens with zero attached hydrogens (tertiary/aromatic N) is 3. The highest BCUT2D eigenvalue weighted by Gasteiger charge is 2.41. The molecule has 7 nitrogen and oxygen atoms in total. The van der Waals surface area contributed by atoms with Crippen LogP contribution in [0.4, 0.5) is 0 Å². The molecular formula is C16H24N4O3S. The van der Waals surface area contributed by atoms with E-state index in [-0.39, 0.29) is 17.2 Å². The van der Waals surface area contributed by atoms with Gasteiger partial charge < -0.3 is 5.32 Å². The van der Waals surface area contributed by atoms with Crippen molar-refractivity contribution >= 4 is 15.9 Å². The van der Waals surface area contributed by atoms with Gasteiger partial charge in [-0.25, -0.2) is 18.4 Å². The third-order valence-corrected chi connectivity index (χ3v) is 7.21. The van der Waals surface area contributed by atoms with Crippen LogP contribution >= 0.6 is 0 Å². The Bertz CT molecular complexity index is 701. The number of carbonyl (C=O) groups excluding carboxylic acids is 1. The van der Waals surface area contributed by atoms with Crippen molar-refractivity contribution in [1.29, 1.82) is 0 Å². The van der Waals surface area contributed by atoms with E-state index in [4.69, 9.17) is 0 Å². The van der Waals surface area contributed by atoms with Gasteiger partial charge in [-0.2, -0.15) is 4.31 Å². The Balaban J connectivity index is 1.80. The van der Waals surface area contributed by atoms with Crippen LogP contribution in [0.15, 0.2) is 12.3 Å². The van der Waals surface area contributed by atoms with E-state index in [1.807, 2.05) is 0 Å². The number of hydrogen-bond donors (Lipinski definition) is 1. The third-order valence-electron chi connectivity index (χ3n) is 4.80. The number of sulfonamides is 1. The maximum atomic E-state index is 12.9. The Labute approximate surface area is 142 Å². The largest absolute Gasteiger partial charge is 0.351 e. The van der Waals surface area contributed by atoms with E-state index in [9.17, 15) is 13.2 Å². The molecule has 1 saturated carbocycles. The lowest BCUT2D eigenvalue weighted by Crippen LogP contribution is -2.37. The number of aromatic nitrogens is 2. The van der Waals surface area contributed by atoms with Crippen LogP contribution in [0, 0.1) is 0 Å². The summed E-state index contributed by atoms with van der Waals surface area (Å²) in [6.07, 6.45) is 6.71. The number of rotatable bonds is 5. The third kappa shape index (κ3) is 3.59. The average Bonchev–Trinajstić information content (AvgIpc) is 3.24. The van der Waals surface area contributed by atoms with E-state index in [0.717, 1.165) is 38.5 Å². The van der Waals surface area contributed by atoms with Gasteiger partial charge in [0.2, 0.25) is 15.9 Å². The fourth-order valence-corrected chi connectivity index (χ4v) is 5.82. The number of nitrogens with one attached hydrogen (secondary N) is 1. The predicted octanol–water partition coefficient (Wildman–Crippen LogP) is 1.52. The summed E-state index contributed by atoms with van der Waals surface area (Å²) in [7, 11) is -3.29. The molecule has 1 atom stereocenters. The summed E-state index contributed by atoms with van der Waals surface area (Å²) in [5.74, 6) is 0.415. The van der Waals surface area contributed by atoms with Crippen LogP contribution in [-0.2, 0) is 21.4 Å². The molecule has 1 N–H and O–H groups in total. The molecular weight excluding hydrogens is 328 g/mol. The lowest BCUT2D eigenvalue weighted by Gasteiger charge is -2.26. The van der Waals surface area contributed by atoms with E-state index >= 15 is 0 Å². The van der Waals surface area contributed by atoms with Crippen LogP contribution in [-0.4, -0.2) is 40.4 Å². The van der Waals surface area contributed by atoms with Crippen LogP contribution in [0.2, 0.25) is 0 Å². The molecule has 0 radical (unpaired) electrons. The van der Waals surface area contributed by atoms with E-state index in [0.29, 0.717) is 24.6 Å². The van der Waals surface area contributed by atoms with Crippen LogP contribution in [0.1, 0.15) is 63.0 Å². The van der Waals surface area contributed by atoms with E-state index in [1.165, 1.54) is 6.92 Å². The van der Waals surface area contributed by atoms with Crippen LogP contribution < -0.4 is 5.32 Å². The van der Waals surface area contributed by atoms with Crippen molar-refractivity contribution < 1.29 is 13.2 Å². The molecule has 1 aliphatic carbocycles. The molecule has 132 valence electrons. The van der Waals surface area contributed by atoms with E-state index in [2.05, 4.69) is 15.3 Å². The maximum absolute atomic E-state index is 12.9. The second-order valence-corrected chi connectivity index (χ2v) is 8.70. The van der Waals surface area contributed by atoms with Crippen molar-refractivity contribution in [3.63, 3.8) is 0 Å². The fraction of sp³-hybridized carbons (Fsp3) is 0.688. The molecule has 1 amide bonds. The summed E-state index contributed by atoms with van der Waals surface area (Å²) in [5, 5.41) is 2.46. The molecule has 2 heterocycles. The van der Waals surface area contributed by atoms with Gasteiger partial charge in [-0.1, -0.05) is 12.8 Å². The van der Waals surface area contributed by atoms with Crippen molar-refractivity contribution in [3.05, 3.63) is 23.8 Å². The summed E-state index contributed by atoms with van der Waals surface area (Å²) < 4.78 is 27.5. The zero-order valence-corrected chi connectivity index (χ0v) is 14.8. The molecule has 0 spiro atoms. The summed E-state index contributed by atoms with van der Waals surface area (Å²) in [6, 6.07) is 1.46. The van der Waals surface area contributed by atoms with Crippen molar-refractivity contribution in [3.8, 4) is 0 Å². The maximum Gasteiger partial charge on any atom is 0.217 e. The van der Waals surface area contributed by atoms with Gasteiger partial charge in [0.15, 0.2) is 0 Å². The van der Waals surface area contributed by atoms with Gasteiger partial charge in [-0.15, -0.1) is 0 Å². The van der Waals surface area contributed by atoms with Crippen LogP contribution in [0.5, 0.6) is 0 Å². The number of carbonyl (C=O) groups is 1. The Morgan fingerprint density at radius 2 is 2.04 bits per heavy atom. The van der Waals surface area contributed by atoms with Gasteiger partial charge in [0, 0.05) is 19.7 Å². The number of hydrogen-bond acceptors (Lipinski definition) is 5. The van der Waals surface area contributed by atoms with Crippen LogP contribution in [0.25, 0.3) is 0 Å². The van der Waals surface area contributed by atoms with Gasteiger partial charge in [-0.3, -0.25) is 4.79 Å². The zero-order valence-electron chi connectivity index (χ0n) is 13.9. The highest BCUT2D eigenvalue weighted by molar-refractivity contribution is 7.89. The van der Waals surface area contributed by atoms with E-state index < -0.39 is 10.0 Å². The van der Waals surface area contributed by atoms with Gasteiger partial charge in [0.05, 0.1) is 23.5 Å². The number of amides is 1. The molecule has 1 aromatic heterocycles. The molecule has 1 aromatic rings. The summed E-state index contributed by atoms with van der Waals surface area (Å²) >= 11 is 0. The normalized spacial score (nSPS) is 22.8. The topological polar surface area (TPSA) is 92.3 Å². The lowest BCUT2D eigenvalue weighted by atomic mass is 10.2. The second-order valence-electron chi connectivity index (χ2n) is 6.54. The quantitative estimate of drug-likeness (QED) is 0.867. The lowest BCUT2D eigenvalue weighted by molar-refractivity contribution is -0.119. The standard InChI is InChI=1S/C16H24N4O3S/c1-12(21)18-11-13-8-9-17-16(19-13)15-7-4-10-20(15)24(22,23)14-5-2-3-6-14/h8-9,14-15H,2-7,10-11H2,1H3,(H,18,21). The minimum Gasteiger partial charge on any atom is -0.351 e. The predicted molar refractivity (Wildman–Crippen MR) is 89.4 cm³/mol. The monoisotopic (exact) mass is 352 g/mol. The fourth-order valence-electron chi connectivity index (χ4n) is 3.57. The van der Waals surface area contributed by atoms with Gasteiger partial charge in [0.1, 0.15) is 5.82 Å². The summed E-state index contributed by atoms with van der Waals surface area (Å²) in [6.45, 7) is 2.32. The minimum absolute atomic E-state index is 0.124. The Morgan fingerprint density at radius 3 is 2.75 bits per heavy atom. The molecule has 1 unspecified atom stereocenters. The Hall–Kier alpha value is -1.54. The first-order valence-electron chi connectivity index (χ1n) is 8.55. The van der Waals surface area contributed by atoms with Crippen molar-refractivity contribution in [2.45, 2.75) is 63.3 Å². The average molecular weight is 352 g/mol. The molecule has 1 saturated heterocycles. The summed E-state index contributed by atoms with van der Waals surface area (Å²) in [4.78, 5) is 19.8. The SMILES string of the molecule is CC(=O)NCc1ccnc(C2CCCN2S(=O)(=O)C2CCCC2)n1. The smallest absolute Gasteiger partial charge is 0.217 e. The molecule has 2 fully saturated rings. The molecule has 3 rings (SSSR count). The van der Waals surface area contributed by atoms with Crippen molar-refractivity contribution in [2.75, 3.05) is 6.54 Å². The van der Waals surface area contributed by atoms with Gasteiger partial charge in [-0.05, 0) is 31.7 Å². The van der Waals surface area contributed by atoms with Crippen LogP contribution in [0.3, 0.4) is 0 Å². The Morgan fingerprint density at radius 1 is 1.29 bits per heavy atom. The summed E-state index contributed by atoms with van der Waals surface area (Å²) in [5.41, 5.74) is 0.695. The zero-order chi connectivity index (χ0) is 17.2. The molecule has 0 bridgehead atoms. The first-order chi connectivity index (χ1) is 11.5. The highest BCUT2D eigenvalue weighted by Crippen LogP contribution is 2.37. The highest BCUT2D eigenvalue weighted by atomic mass is 32.2. The molecule has 2 aliphatic rings. The van der Waals surface area contributed by atoms with Crippen molar-refractivity contribution in [1.82, 2.24) is 19.6 Å². The first kappa shape index (κ1) is 17.3. The first-order valence-corrected chi connectivity index (χ1v) is 10.1. The van der Waals surface area contributed by atoms with Gasteiger partial charge in [0.25, 0.3) is 0 Å². The Kier molecular flexibility index (Phi) is 5.15.